The molecule has 0 bridgehead atoms. The lowest BCUT2D eigenvalue weighted by atomic mass is 10.1. The van der Waals surface area contributed by atoms with Gasteiger partial charge in [-0.05, 0) is 51.7 Å². The molecule has 0 aliphatic rings. The largest absolute Gasteiger partial charge is 0.348 e. The summed E-state index contributed by atoms with van der Waals surface area (Å²) in [6, 6.07) is 10.4. The number of carbonyl (C=O) groups is 1. The van der Waals surface area contributed by atoms with E-state index in [1.807, 2.05) is 32.9 Å². The number of benzene rings is 1. The number of aryl methyl sites for hydroxylation is 1. The Balaban J connectivity index is 2.20. The summed E-state index contributed by atoms with van der Waals surface area (Å²) in [6.07, 6.45) is 6.65. The highest BCUT2D eigenvalue weighted by molar-refractivity contribution is 5.87. The summed E-state index contributed by atoms with van der Waals surface area (Å²) in [4.78, 5) is 11.5. The van der Waals surface area contributed by atoms with Crippen LogP contribution in [-0.2, 0) is 11.2 Å². The summed E-state index contributed by atoms with van der Waals surface area (Å²) in [5.41, 5.74) is 1.19. The van der Waals surface area contributed by atoms with E-state index in [-0.39, 0.29) is 11.4 Å². The van der Waals surface area contributed by atoms with Gasteiger partial charge < -0.3 is 5.32 Å². The number of allylic oxidation sites excluding steroid dienone is 1. The lowest BCUT2D eigenvalue weighted by Gasteiger charge is -2.18. The van der Waals surface area contributed by atoms with Crippen molar-refractivity contribution in [3.63, 3.8) is 0 Å². The van der Waals surface area contributed by atoms with Crippen molar-refractivity contribution in [3.8, 4) is 0 Å². The molecule has 0 atom stereocenters. The van der Waals surface area contributed by atoms with Crippen LogP contribution in [0.25, 0.3) is 0 Å². The molecular weight excluding hydrogens is 222 g/mol. The molecule has 0 aliphatic heterocycles. The first-order chi connectivity index (χ1) is 8.47. The summed E-state index contributed by atoms with van der Waals surface area (Å²) in [5, 5.41) is 2.90. The van der Waals surface area contributed by atoms with Crippen LogP contribution >= 0.6 is 0 Å². The maximum absolute atomic E-state index is 11.5. The van der Waals surface area contributed by atoms with E-state index in [1.165, 1.54) is 5.56 Å². The molecule has 1 amide bonds. The molecule has 98 valence electrons. The molecule has 2 nitrogen and oxygen atoms in total. The molecule has 0 spiro atoms. The molecule has 0 radical (unpaired) electrons. The monoisotopic (exact) mass is 245 g/mol. The Morgan fingerprint density at radius 3 is 2.50 bits per heavy atom. The van der Waals surface area contributed by atoms with E-state index in [2.05, 4.69) is 29.6 Å². The topological polar surface area (TPSA) is 29.1 Å². The first-order valence-corrected chi connectivity index (χ1v) is 6.50. The second-order valence-corrected chi connectivity index (χ2v) is 5.52. The maximum atomic E-state index is 11.5. The van der Waals surface area contributed by atoms with E-state index in [9.17, 15) is 4.79 Å². The molecule has 2 heteroatoms. The molecule has 1 N–H and O–H groups in total. The van der Waals surface area contributed by atoms with Gasteiger partial charge in [-0.2, -0.15) is 0 Å². The third-order valence-corrected chi connectivity index (χ3v) is 2.45. The van der Waals surface area contributed by atoms with Crippen LogP contribution in [0, 0.1) is 0 Å². The number of hydrogen-bond donors (Lipinski definition) is 1. The van der Waals surface area contributed by atoms with Gasteiger partial charge in [0.2, 0.25) is 5.91 Å². The number of rotatable bonds is 5. The zero-order valence-corrected chi connectivity index (χ0v) is 11.6. The molecule has 0 aliphatic carbocycles. The van der Waals surface area contributed by atoms with E-state index in [0.29, 0.717) is 0 Å². The van der Waals surface area contributed by atoms with Gasteiger partial charge in [0, 0.05) is 5.54 Å². The highest BCUT2D eigenvalue weighted by Gasteiger charge is 2.10. The second kappa shape index (κ2) is 7.00. The normalized spacial score (nSPS) is 11.7. The Morgan fingerprint density at radius 1 is 1.22 bits per heavy atom. The van der Waals surface area contributed by atoms with Gasteiger partial charge in [0.25, 0.3) is 0 Å². The third-order valence-electron chi connectivity index (χ3n) is 2.45. The van der Waals surface area contributed by atoms with Crippen LogP contribution in [0.5, 0.6) is 0 Å². The average Bonchev–Trinajstić information content (AvgIpc) is 2.27. The third kappa shape index (κ3) is 6.89. The van der Waals surface area contributed by atoms with Crippen LogP contribution in [-0.4, -0.2) is 11.4 Å². The van der Waals surface area contributed by atoms with Crippen molar-refractivity contribution >= 4 is 5.91 Å². The standard InChI is InChI=1S/C16H23NO/c1-16(2,3)17-15(18)13-9-5-8-12-14-10-6-4-7-11-14/h4,6-7,9-11,13H,5,8,12H2,1-3H3,(H,17,18). The van der Waals surface area contributed by atoms with Gasteiger partial charge in [0.05, 0.1) is 0 Å². The lowest BCUT2D eigenvalue weighted by Crippen LogP contribution is -2.39. The van der Waals surface area contributed by atoms with Crippen LogP contribution in [0.2, 0.25) is 0 Å². The van der Waals surface area contributed by atoms with Gasteiger partial charge in [0.15, 0.2) is 0 Å². The van der Waals surface area contributed by atoms with Crippen molar-refractivity contribution in [2.24, 2.45) is 0 Å². The van der Waals surface area contributed by atoms with Gasteiger partial charge >= 0.3 is 0 Å². The van der Waals surface area contributed by atoms with Crippen molar-refractivity contribution in [1.29, 1.82) is 0 Å². The highest BCUT2D eigenvalue weighted by atomic mass is 16.1. The summed E-state index contributed by atoms with van der Waals surface area (Å²) in [7, 11) is 0. The quantitative estimate of drug-likeness (QED) is 0.624. The number of unbranched alkanes of at least 4 members (excludes halogenated alkanes) is 1. The van der Waals surface area contributed by atoms with E-state index < -0.39 is 0 Å². The molecule has 1 rings (SSSR count). The van der Waals surface area contributed by atoms with Crippen molar-refractivity contribution in [3.05, 3.63) is 48.0 Å². The van der Waals surface area contributed by atoms with E-state index in [1.54, 1.807) is 6.08 Å². The Bertz CT molecular complexity index is 387. The van der Waals surface area contributed by atoms with Crippen LogP contribution in [0.1, 0.15) is 39.2 Å². The van der Waals surface area contributed by atoms with E-state index in [4.69, 9.17) is 0 Å². The first-order valence-electron chi connectivity index (χ1n) is 6.50. The predicted octanol–water partition coefficient (Wildman–Crippen LogP) is 3.48. The number of nitrogens with one attached hydrogen (secondary N) is 1. The molecular formula is C16H23NO. The first kappa shape index (κ1) is 14.5. The van der Waals surface area contributed by atoms with Crippen LogP contribution in [0.3, 0.4) is 0 Å². The zero-order valence-electron chi connectivity index (χ0n) is 11.6. The molecule has 0 saturated carbocycles. The average molecular weight is 245 g/mol. The summed E-state index contributed by atoms with van der Waals surface area (Å²) in [5.74, 6) is -0.0118. The Labute approximate surface area is 110 Å². The Hall–Kier alpha value is -1.57. The molecule has 0 aromatic heterocycles. The minimum Gasteiger partial charge on any atom is -0.348 e. The second-order valence-electron chi connectivity index (χ2n) is 5.52. The van der Waals surface area contributed by atoms with Gasteiger partial charge in [-0.1, -0.05) is 36.4 Å². The number of hydrogen-bond acceptors (Lipinski definition) is 1. The molecule has 0 saturated heterocycles. The van der Waals surface area contributed by atoms with Gasteiger partial charge in [0.1, 0.15) is 0 Å². The van der Waals surface area contributed by atoms with Crippen LogP contribution in [0.15, 0.2) is 42.5 Å². The summed E-state index contributed by atoms with van der Waals surface area (Å²) < 4.78 is 0. The molecule has 0 unspecified atom stereocenters. The fourth-order valence-electron chi connectivity index (χ4n) is 1.67. The summed E-state index contributed by atoms with van der Waals surface area (Å²) >= 11 is 0. The molecule has 1 aromatic carbocycles. The van der Waals surface area contributed by atoms with Gasteiger partial charge in [-0.3, -0.25) is 4.79 Å². The van der Waals surface area contributed by atoms with Crippen molar-refractivity contribution in [2.45, 2.75) is 45.6 Å². The number of amides is 1. The maximum Gasteiger partial charge on any atom is 0.244 e. The highest BCUT2D eigenvalue weighted by Crippen LogP contribution is 2.05. The van der Waals surface area contributed by atoms with Crippen LogP contribution in [0.4, 0.5) is 0 Å². The zero-order chi connectivity index (χ0) is 13.4. The van der Waals surface area contributed by atoms with Crippen molar-refractivity contribution in [1.82, 2.24) is 5.32 Å². The predicted molar refractivity (Wildman–Crippen MR) is 76.4 cm³/mol. The summed E-state index contributed by atoms with van der Waals surface area (Å²) in [6.45, 7) is 5.94. The SMILES string of the molecule is CC(C)(C)NC(=O)C=CCCCc1ccccc1. The van der Waals surface area contributed by atoms with Gasteiger partial charge in [-0.15, -0.1) is 0 Å². The minimum absolute atomic E-state index is 0.0118. The van der Waals surface area contributed by atoms with Crippen molar-refractivity contribution < 1.29 is 4.79 Å². The smallest absolute Gasteiger partial charge is 0.244 e. The molecule has 0 heterocycles. The van der Waals surface area contributed by atoms with E-state index >= 15 is 0 Å². The van der Waals surface area contributed by atoms with Crippen molar-refractivity contribution in [2.75, 3.05) is 0 Å². The molecule has 1 aromatic rings. The molecule has 0 fully saturated rings. The fraction of sp³-hybridized carbons (Fsp3) is 0.438. The lowest BCUT2D eigenvalue weighted by molar-refractivity contribution is -0.117. The van der Waals surface area contributed by atoms with Gasteiger partial charge in [-0.25, -0.2) is 0 Å². The van der Waals surface area contributed by atoms with E-state index in [0.717, 1.165) is 19.3 Å². The molecule has 18 heavy (non-hydrogen) atoms. The number of carbonyl (C=O) groups excluding carboxylic acids is 1. The minimum atomic E-state index is -0.161. The van der Waals surface area contributed by atoms with Crippen LogP contribution < -0.4 is 5.32 Å². The Morgan fingerprint density at radius 2 is 1.89 bits per heavy atom. The Kier molecular flexibility index (Phi) is 5.63. The fourth-order valence-corrected chi connectivity index (χ4v) is 1.67.